The Kier molecular flexibility index (Phi) is 4.96. The minimum Gasteiger partial charge on any atom is -0.354 e. The van der Waals surface area contributed by atoms with Gasteiger partial charge in [0.15, 0.2) is 11.5 Å². The van der Waals surface area contributed by atoms with Crippen LogP contribution in [0.15, 0.2) is 42.5 Å². The molecule has 2 bridgehead atoms. The molecule has 3 fully saturated rings. The van der Waals surface area contributed by atoms with Crippen LogP contribution in [0.1, 0.15) is 47.8 Å². The maximum Gasteiger partial charge on any atom is 0.271 e. The van der Waals surface area contributed by atoms with Gasteiger partial charge >= 0.3 is 0 Å². The van der Waals surface area contributed by atoms with Gasteiger partial charge in [0.2, 0.25) is 0 Å². The minimum atomic E-state index is -0.190. The van der Waals surface area contributed by atoms with E-state index < -0.39 is 0 Å². The van der Waals surface area contributed by atoms with Crippen LogP contribution in [0.5, 0.6) is 0 Å². The van der Waals surface area contributed by atoms with Crippen molar-refractivity contribution in [3.63, 3.8) is 0 Å². The van der Waals surface area contributed by atoms with Gasteiger partial charge in [-0.1, -0.05) is 30.3 Å². The summed E-state index contributed by atoms with van der Waals surface area (Å²) in [5.74, 6) is 2.05. The van der Waals surface area contributed by atoms with Crippen LogP contribution < -0.4 is 10.2 Å². The third-order valence-electron chi connectivity index (χ3n) is 7.01. The van der Waals surface area contributed by atoms with Gasteiger partial charge in [-0.15, -0.1) is 10.2 Å². The molecule has 29 heavy (non-hydrogen) atoms. The zero-order valence-electron chi connectivity index (χ0n) is 17.0. The number of carbonyl (C=O) groups excluding carboxylic acids is 1. The lowest BCUT2D eigenvalue weighted by molar-refractivity contribution is -0.0201. The van der Waals surface area contributed by atoms with Crippen LogP contribution in [-0.2, 0) is 0 Å². The van der Waals surface area contributed by atoms with E-state index in [0.29, 0.717) is 29.6 Å². The summed E-state index contributed by atoms with van der Waals surface area (Å²) >= 11 is 0. The van der Waals surface area contributed by atoms with Crippen molar-refractivity contribution in [1.29, 1.82) is 0 Å². The summed E-state index contributed by atoms with van der Waals surface area (Å²) in [6.07, 6.45) is 5.21. The van der Waals surface area contributed by atoms with Crippen LogP contribution in [0.3, 0.4) is 0 Å². The number of fused-ring (bicyclic) bond motifs is 4. The van der Waals surface area contributed by atoms with Crippen molar-refractivity contribution in [2.24, 2.45) is 11.8 Å². The molecule has 2 aromatic rings. The highest BCUT2D eigenvalue weighted by Crippen LogP contribution is 2.44. The van der Waals surface area contributed by atoms with E-state index in [1.807, 2.05) is 6.07 Å². The molecule has 1 aromatic heterocycles. The van der Waals surface area contributed by atoms with Crippen molar-refractivity contribution in [2.45, 2.75) is 37.8 Å². The van der Waals surface area contributed by atoms with Gasteiger partial charge in [0, 0.05) is 38.8 Å². The number of amides is 1. The molecule has 4 heterocycles. The summed E-state index contributed by atoms with van der Waals surface area (Å²) in [6, 6.07) is 16.0. The largest absolute Gasteiger partial charge is 0.354 e. The molecule has 3 aliphatic heterocycles. The fourth-order valence-corrected chi connectivity index (χ4v) is 5.77. The summed E-state index contributed by atoms with van der Waals surface area (Å²) in [5.41, 5.74) is 1.85. The molecule has 0 radical (unpaired) electrons. The molecule has 1 N–H and O–H groups in total. The second kappa shape index (κ2) is 7.75. The molecule has 0 unspecified atom stereocenters. The van der Waals surface area contributed by atoms with Crippen molar-refractivity contribution in [3.05, 3.63) is 53.7 Å². The molecule has 4 atom stereocenters. The Bertz CT molecular complexity index is 855. The highest BCUT2D eigenvalue weighted by Gasteiger charge is 2.45. The van der Waals surface area contributed by atoms with Crippen molar-refractivity contribution < 1.29 is 4.79 Å². The van der Waals surface area contributed by atoms with E-state index in [4.69, 9.17) is 0 Å². The van der Waals surface area contributed by atoms with Crippen LogP contribution >= 0.6 is 0 Å². The van der Waals surface area contributed by atoms with E-state index in [0.717, 1.165) is 18.9 Å². The first kappa shape index (κ1) is 18.6. The lowest BCUT2D eigenvalue weighted by Gasteiger charge is -2.55. The van der Waals surface area contributed by atoms with Crippen molar-refractivity contribution in [2.75, 3.05) is 31.6 Å². The zero-order valence-corrected chi connectivity index (χ0v) is 17.0. The van der Waals surface area contributed by atoms with E-state index in [2.05, 4.69) is 55.6 Å². The summed E-state index contributed by atoms with van der Waals surface area (Å²) in [5, 5.41) is 11.1. The molecule has 6 nitrogen and oxygen atoms in total. The van der Waals surface area contributed by atoms with Gasteiger partial charge in [0.25, 0.3) is 5.91 Å². The van der Waals surface area contributed by atoms with Gasteiger partial charge in [-0.25, -0.2) is 0 Å². The SMILES string of the molecule is CNC(=O)c1ccc(N2C[C@@H]3C[C@H](C2)[C@@H]2CCC[C@H](c4ccccc4)N2C3)nn1. The quantitative estimate of drug-likeness (QED) is 0.872. The van der Waals surface area contributed by atoms with E-state index >= 15 is 0 Å². The highest BCUT2D eigenvalue weighted by atomic mass is 16.1. The number of nitrogens with zero attached hydrogens (tertiary/aromatic N) is 4. The second-order valence-corrected chi connectivity index (χ2v) is 8.74. The maximum atomic E-state index is 11.7. The van der Waals surface area contributed by atoms with Crippen molar-refractivity contribution in [3.8, 4) is 0 Å². The topological polar surface area (TPSA) is 61.4 Å². The molecule has 6 heteroatoms. The van der Waals surface area contributed by atoms with Gasteiger partial charge in [0.05, 0.1) is 0 Å². The molecule has 0 spiro atoms. The fraction of sp³-hybridized carbons (Fsp3) is 0.522. The molecular formula is C23H29N5O. The van der Waals surface area contributed by atoms with Gasteiger partial charge in [-0.2, -0.15) is 0 Å². The molecule has 5 rings (SSSR count). The molecule has 0 aliphatic carbocycles. The van der Waals surface area contributed by atoms with Crippen molar-refractivity contribution >= 4 is 11.7 Å². The van der Waals surface area contributed by atoms with Crippen LogP contribution in [0.25, 0.3) is 0 Å². The number of piperidine rings is 3. The third kappa shape index (κ3) is 3.50. The van der Waals surface area contributed by atoms with E-state index in [-0.39, 0.29) is 5.91 Å². The number of hydrogen-bond donors (Lipinski definition) is 1. The highest BCUT2D eigenvalue weighted by molar-refractivity contribution is 5.91. The van der Waals surface area contributed by atoms with E-state index in [9.17, 15) is 4.79 Å². The Labute approximate surface area is 172 Å². The molecule has 3 aliphatic rings. The fourth-order valence-electron chi connectivity index (χ4n) is 5.77. The van der Waals surface area contributed by atoms with Crippen LogP contribution in [-0.4, -0.2) is 53.7 Å². The van der Waals surface area contributed by atoms with Crippen LogP contribution in [0, 0.1) is 11.8 Å². The average molecular weight is 392 g/mol. The summed E-state index contributed by atoms with van der Waals surface area (Å²) in [4.78, 5) is 16.9. The Morgan fingerprint density at radius 1 is 1.03 bits per heavy atom. The molecule has 3 saturated heterocycles. The normalized spacial score (nSPS) is 29.2. The van der Waals surface area contributed by atoms with Crippen LogP contribution in [0.2, 0.25) is 0 Å². The molecule has 0 saturated carbocycles. The lowest BCUT2D eigenvalue weighted by Crippen LogP contribution is -2.59. The monoisotopic (exact) mass is 391 g/mol. The molecular weight excluding hydrogens is 362 g/mol. The summed E-state index contributed by atoms with van der Waals surface area (Å²) in [7, 11) is 1.61. The van der Waals surface area contributed by atoms with Gasteiger partial charge in [0.1, 0.15) is 0 Å². The van der Waals surface area contributed by atoms with E-state index in [1.165, 1.54) is 37.8 Å². The molecule has 1 amide bonds. The number of rotatable bonds is 3. The number of aromatic nitrogens is 2. The Morgan fingerprint density at radius 2 is 1.90 bits per heavy atom. The predicted octanol–water partition coefficient (Wildman–Crippen LogP) is 2.89. The summed E-state index contributed by atoms with van der Waals surface area (Å²) in [6.45, 7) is 3.23. The van der Waals surface area contributed by atoms with Gasteiger partial charge in [-0.3, -0.25) is 9.69 Å². The number of nitrogens with one attached hydrogen (secondary N) is 1. The summed E-state index contributed by atoms with van der Waals surface area (Å²) < 4.78 is 0. The molecule has 152 valence electrons. The third-order valence-corrected chi connectivity index (χ3v) is 7.01. The Balaban J connectivity index is 1.34. The maximum absolute atomic E-state index is 11.7. The Morgan fingerprint density at radius 3 is 2.66 bits per heavy atom. The predicted molar refractivity (Wildman–Crippen MR) is 113 cm³/mol. The zero-order chi connectivity index (χ0) is 19.8. The second-order valence-electron chi connectivity index (χ2n) is 8.74. The number of benzene rings is 1. The van der Waals surface area contributed by atoms with Crippen molar-refractivity contribution in [1.82, 2.24) is 20.4 Å². The number of carbonyl (C=O) groups is 1. The smallest absolute Gasteiger partial charge is 0.271 e. The molecule has 1 aromatic carbocycles. The van der Waals surface area contributed by atoms with E-state index in [1.54, 1.807) is 13.1 Å². The lowest BCUT2D eigenvalue weighted by atomic mass is 9.74. The van der Waals surface area contributed by atoms with Gasteiger partial charge < -0.3 is 10.2 Å². The number of hydrogen-bond acceptors (Lipinski definition) is 5. The first-order chi connectivity index (χ1) is 14.2. The van der Waals surface area contributed by atoms with Gasteiger partial charge in [-0.05, 0) is 55.2 Å². The first-order valence-electron chi connectivity index (χ1n) is 10.8. The minimum absolute atomic E-state index is 0.190. The standard InChI is InChI=1S/C23H29N5O/c1-24-23(29)19-10-11-22(26-25-19)27-13-16-12-18(15-27)21-9-5-8-20(28(21)14-16)17-6-3-2-4-7-17/h2-4,6-7,10-11,16,18,20-21H,5,8-9,12-15H2,1H3,(H,24,29)/t16-,18+,20+,21-/m0/s1. The number of anilines is 1. The van der Waals surface area contributed by atoms with Crippen LogP contribution in [0.4, 0.5) is 5.82 Å². The Hall–Kier alpha value is -2.47. The first-order valence-corrected chi connectivity index (χ1v) is 10.8. The average Bonchev–Trinajstić information content (AvgIpc) is 2.79.